The minimum atomic E-state index is -0.314. The quantitative estimate of drug-likeness (QED) is 0.514. The van der Waals surface area contributed by atoms with Crippen molar-refractivity contribution in [2.24, 2.45) is 5.92 Å². The topological polar surface area (TPSA) is 109 Å². The van der Waals surface area contributed by atoms with E-state index in [0.717, 1.165) is 37.2 Å². The van der Waals surface area contributed by atoms with Gasteiger partial charge in [0.25, 0.3) is 0 Å². The molecule has 1 saturated heterocycles. The van der Waals surface area contributed by atoms with E-state index in [0.29, 0.717) is 28.3 Å². The van der Waals surface area contributed by atoms with Crippen LogP contribution in [0.4, 0.5) is 11.6 Å². The Labute approximate surface area is 191 Å². The number of hydrogen-bond donors (Lipinski definition) is 2. The zero-order chi connectivity index (χ0) is 22.5. The van der Waals surface area contributed by atoms with E-state index in [9.17, 15) is 4.79 Å². The number of carbonyl (C=O) groups excluding carboxylic acids is 1. The molecule has 0 saturated carbocycles. The van der Waals surface area contributed by atoms with Gasteiger partial charge in [-0.05, 0) is 32.9 Å². The van der Waals surface area contributed by atoms with Crippen LogP contribution in [0.3, 0.4) is 0 Å². The van der Waals surface area contributed by atoms with Crippen LogP contribution in [0.25, 0.3) is 11.3 Å². The van der Waals surface area contributed by atoms with Gasteiger partial charge in [-0.3, -0.25) is 9.48 Å². The third-order valence-corrected chi connectivity index (χ3v) is 5.75. The summed E-state index contributed by atoms with van der Waals surface area (Å²) in [4.78, 5) is 21.1. The maximum atomic E-state index is 12.3. The number of Topliss-reactive ketones (excluding diaryl/α,β-unsaturated/α-hetero) is 1. The molecular weight excluding hydrogens is 426 g/mol. The van der Waals surface area contributed by atoms with Crippen molar-refractivity contribution in [2.45, 2.75) is 32.2 Å². The standard InChI is InChI=1S/C23H24ClN7O/c1-15(11-25)10-21(32)16-2-4-17(5-3-16)22-20(24)13-27-23(30-22)29-18-12-28-31(14-18)19-6-8-26-9-7-19/h2-5,12-15,19,26H,6-10H2,1H3,(H,27,29,30)/t15-/m1/s1. The summed E-state index contributed by atoms with van der Waals surface area (Å²) >= 11 is 6.35. The molecule has 4 rings (SSSR count). The second-order valence-corrected chi connectivity index (χ2v) is 8.35. The minimum Gasteiger partial charge on any atom is -0.321 e. The number of carbonyl (C=O) groups is 1. The second-order valence-electron chi connectivity index (χ2n) is 7.94. The summed E-state index contributed by atoms with van der Waals surface area (Å²) < 4.78 is 1.99. The predicted octanol–water partition coefficient (Wildman–Crippen LogP) is 4.39. The third kappa shape index (κ3) is 5.13. The van der Waals surface area contributed by atoms with Gasteiger partial charge in [-0.15, -0.1) is 0 Å². The predicted molar refractivity (Wildman–Crippen MR) is 123 cm³/mol. The molecule has 0 unspecified atom stereocenters. The first-order valence-corrected chi connectivity index (χ1v) is 11.0. The Morgan fingerprint density at radius 1 is 1.31 bits per heavy atom. The first kappa shape index (κ1) is 21.9. The van der Waals surface area contributed by atoms with E-state index >= 15 is 0 Å². The molecule has 9 heteroatoms. The van der Waals surface area contributed by atoms with Crippen LogP contribution >= 0.6 is 11.6 Å². The number of aromatic nitrogens is 4. The number of piperidine rings is 1. The molecule has 3 aromatic rings. The van der Waals surface area contributed by atoms with Crippen molar-refractivity contribution in [3.63, 3.8) is 0 Å². The van der Waals surface area contributed by atoms with Gasteiger partial charge in [0.1, 0.15) is 0 Å². The van der Waals surface area contributed by atoms with Gasteiger partial charge in [0.05, 0.1) is 46.8 Å². The van der Waals surface area contributed by atoms with Crippen molar-refractivity contribution in [2.75, 3.05) is 18.4 Å². The number of ketones is 1. The molecule has 2 aromatic heterocycles. The van der Waals surface area contributed by atoms with Gasteiger partial charge in [0, 0.05) is 23.7 Å². The summed E-state index contributed by atoms with van der Waals surface area (Å²) in [6, 6.07) is 9.55. The van der Waals surface area contributed by atoms with Crippen molar-refractivity contribution in [1.29, 1.82) is 5.26 Å². The molecule has 3 heterocycles. The largest absolute Gasteiger partial charge is 0.321 e. The molecule has 1 aromatic carbocycles. The van der Waals surface area contributed by atoms with Crippen LogP contribution in [0.15, 0.2) is 42.9 Å². The first-order chi connectivity index (χ1) is 15.5. The minimum absolute atomic E-state index is 0.0625. The average molecular weight is 450 g/mol. The fourth-order valence-electron chi connectivity index (χ4n) is 3.69. The maximum absolute atomic E-state index is 12.3. The van der Waals surface area contributed by atoms with Crippen molar-refractivity contribution in [3.8, 4) is 17.3 Å². The summed E-state index contributed by atoms with van der Waals surface area (Å²) in [6.07, 6.45) is 7.59. The Bertz CT molecular complexity index is 1130. The molecule has 0 aliphatic carbocycles. The van der Waals surface area contributed by atoms with Gasteiger partial charge in [-0.2, -0.15) is 10.4 Å². The van der Waals surface area contributed by atoms with Crippen LogP contribution in [0.2, 0.25) is 5.02 Å². The van der Waals surface area contributed by atoms with Crippen LogP contribution in [-0.4, -0.2) is 38.6 Å². The van der Waals surface area contributed by atoms with Gasteiger partial charge >= 0.3 is 0 Å². The Morgan fingerprint density at radius 3 is 2.78 bits per heavy atom. The molecule has 1 aliphatic rings. The summed E-state index contributed by atoms with van der Waals surface area (Å²) in [5, 5.41) is 20.4. The lowest BCUT2D eigenvalue weighted by atomic mass is 9.99. The fraction of sp³-hybridized carbons (Fsp3) is 0.348. The van der Waals surface area contributed by atoms with Crippen LogP contribution in [-0.2, 0) is 0 Å². The zero-order valence-electron chi connectivity index (χ0n) is 17.8. The molecule has 1 fully saturated rings. The highest BCUT2D eigenvalue weighted by molar-refractivity contribution is 6.32. The number of rotatable bonds is 7. The van der Waals surface area contributed by atoms with Crippen molar-refractivity contribution >= 4 is 29.0 Å². The SMILES string of the molecule is C[C@@H](C#N)CC(=O)c1ccc(-c2nc(Nc3cnn(C4CCNCC4)c3)ncc2Cl)cc1. The fourth-order valence-corrected chi connectivity index (χ4v) is 3.89. The Morgan fingerprint density at radius 2 is 2.06 bits per heavy atom. The number of halogens is 1. The van der Waals surface area contributed by atoms with Gasteiger partial charge in [0.2, 0.25) is 5.95 Å². The van der Waals surface area contributed by atoms with E-state index in [4.69, 9.17) is 16.9 Å². The zero-order valence-corrected chi connectivity index (χ0v) is 18.5. The monoisotopic (exact) mass is 449 g/mol. The van der Waals surface area contributed by atoms with E-state index in [1.807, 2.05) is 10.9 Å². The number of benzene rings is 1. The van der Waals surface area contributed by atoms with Crippen molar-refractivity contribution < 1.29 is 4.79 Å². The third-order valence-electron chi connectivity index (χ3n) is 5.48. The van der Waals surface area contributed by atoms with Crippen molar-refractivity contribution in [1.82, 2.24) is 25.1 Å². The van der Waals surface area contributed by atoms with Crippen LogP contribution in [0.1, 0.15) is 42.6 Å². The number of anilines is 2. The number of nitrogens with one attached hydrogen (secondary N) is 2. The normalized spacial score (nSPS) is 15.2. The summed E-state index contributed by atoms with van der Waals surface area (Å²) in [7, 11) is 0. The van der Waals surface area contributed by atoms with Crippen LogP contribution in [0.5, 0.6) is 0 Å². The average Bonchev–Trinajstić information content (AvgIpc) is 3.29. The molecule has 1 atom stereocenters. The lowest BCUT2D eigenvalue weighted by Crippen LogP contribution is -2.29. The number of nitriles is 1. The molecule has 0 bridgehead atoms. The van der Waals surface area contributed by atoms with Crippen molar-refractivity contribution in [3.05, 3.63) is 53.4 Å². The van der Waals surface area contributed by atoms with Gasteiger partial charge < -0.3 is 10.6 Å². The highest BCUT2D eigenvalue weighted by atomic mass is 35.5. The Hall–Kier alpha value is -3.28. The maximum Gasteiger partial charge on any atom is 0.227 e. The lowest BCUT2D eigenvalue weighted by molar-refractivity contribution is 0.0973. The molecule has 0 spiro atoms. The summed E-state index contributed by atoms with van der Waals surface area (Å²) in [6.45, 7) is 3.73. The number of hydrogen-bond acceptors (Lipinski definition) is 7. The lowest BCUT2D eigenvalue weighted by Gasteiger charge is -2.22. The highest BCUT2D eigenvalue weighted by Gasteiger charge is 2.16. The van der Waals surface area contributed by atoms with E-state index in [1.165, 1.54) is 0 Å². The highest BCUT2D eigenvalue weighted by Crippen LogP contribution is 2.28. The Kier molecular flexibility index (Phi) is 6.78. The van der Waals surface area contributed by atoms with Gasteiger partial charge in [-0.25, -0.2) is 9.97 Å². The van der Waals surface area contributed by atoms with Crippen LogP contribution < -0.4 is 10.6 Å². The van der Waals surface area contributed by atoms with E-state index in [1.54, 1.807) is 43.6 Å². The molecule has 8 nitrogen and oxygen atoms in total. The molecule has 0 amide bonds. The molecule has 164 valence electrons. The van der Waals surface area contributed by atoms with E-state index in [2.05, 4.69) is 31.8 Å². The second kappa shape index (κ2) is 9.90. The first-order valence-electron chi connectivity index (χ1n) is 10.6. The van der Waals surface area contributed by atoms with Crippen LogP contribution in [0, 0.1) is 17.2 Å². The molecule has 2 N–H and O–H groups in total. The van der Waals surface area contributed by atoms with E-state index in [-0.39, 0.29) is 18.1 Å². The summed E-state index contributed by atoms with van der Waals surface area (Å²) in [5.41, 5.74) is 2.71. The molecule has 0 radical (unpaired) electrons. The van der Waals surface area contributed by atoms with Gasteiger partial charge in [0.15, 0.2) is 5.78 Å². The smallest absolute Gasteiger partial charge is 0.227 e. The summed E-state index contributed by atoms with van der Waals surface area (Å²) in [5.74, 6) is 0.0380. The van der Waals surface area contributed by atoms with E-state index < -0.39 is 0 Å². The Balaban J connectivity index is 1.49. The molecule has 32 heavy (non-hydrogen) atoms. The van der Waals surface area contributed by atoms with Gasteiger partial charge in [-0.1, -0.05) is 35.9 Å². The number of nitrogens with zero attached hydrogens (tertiary/aromatic N) is 5. The molecular formula is C23H24ClN7O. The molecule has 1 aliphatic heterocycles.